The molecule has 0 aromatic heterocycles. The number of hydrogen-bond acceptors (Lipinski definition) is 4. The summed E-state index contributed by atoms with van der Waals surface area (Å²) in [5, 5.41) is 7.22. The number of piperidine rings is 1. The smallest absolute Gasteiger partial charge is 0.416 e. The van der Waals surface area contributed by atoms with E-state index in [1.807, 2.05) is 29.2 Å². The van der Waals surface area contributed by atoms with Gasteiger partial charge in [-0.3, -0.25) is 10.1 Å². The third-order valence-electron chi connectivity index (χ3n) is 6.45. The fraction of sp³-hybridized carbons (Fsp3) is 0.417. The Labute approximate surface area is 202 Å². The summed E-state index contributed by atoms with van der Waals surface area (Å²) in [6.07, 6.45) is -3.22. The van der Waals surface area contributed by atoms with Crippen molar-refractivity contribution in [2.45, 2.75) is 44.2 Å². The summed E-state index contributed by atoms with van der Waals surface area (Å²) < 4.78 is 44.6. The van der Waals surface area contributed by atoms with E-state index in [0.717, 1.165) is 23.6 Å². The van der Waals surface area contributed by atoms with Crippen molar-refractivity contribution in [3.63, 3.8) is 0 Å². The van der Waals surface area contributed by atoms with Crippen molar-refractivity contribution in [1.29, 1.82) is 0 Å². The third-order valence-corrected chi connectivity index (χ3v) is 6.81. The minimum atomic E-state index is -4.42. The first-order chi connectivity index (χ1) is 16.1. The van der Waals surface area contributed by atoms with Crippen molar-refractivity contribution in [2.24, 2.45) is 0 Å². The van der Waals surface area contributed by atoms with Gasteiger partial charge in [-0.2, -0.15) is 13.2 Å². The van der Waals surface area contributed by atoms with E-state index < -0.39 is 23.4 Å². The second-order valence-corrected chi connectivity index (χ2v) is 9.05. The molecule has 2 heterocycles. The van der Waals surface area contributed by atoms with Crippen LogP contribution in [-0.2, 0) is 17.5 Å². The molecule has 1 spiro atoms. The Kier molecular flexibility index (Phi) is 6.73. The Morgan fingerprint density at radius 2 is 1.88 bits per heavy atom. The average Bonchev–Trinajstić information content (AvgIpc) is 3.03. The van der Waals surface area contributed by atoms with E-state index in [1.165, 1.54) is 6.07 Å². The van der Waals surface area contributed by atoms with Crippen LogP contribution < -0.4 is 15.4 Å². The molecular formula is C24H27F3N4O2S. The Hall–Kier alpha value is -2.85. The minimum absolute atomic E-state index is 0.107. The molecule has 4 rings (SSSR count). The number of thiocarbonyl (C=S) groups is 1. The van der Waals surface area contributed by atoms with Gasteiger partial charge in [0.15, 0.2) is 5.11 Å². The van der Waals surface area contributed by atoms with Crippen molar-refractivity contribution < 1.29 is 22.7 Å². The first-order valence-electron chi connectivity index (χ1n) is 11.1. The maximum absolute atomic E-state index is 13.2. The molecule has 2 aromatic rings. The van der Waals surface area contributed by atoms with Crippen LogP contribution in [0.25, 0.3) is 0 Å². The molecule has 1 atom stereocenters. The van der Waals surface area contributed by atoms with Gasteiger partial charge >= 0.3 is 6.18 Å². The lowest BCUT2D eigenvalue weighted by molar-refractivity contribution is -0.137. The average molecular weight is 493 g/mol. The van der Waals surface area contributed by atoms with E-state index in [0.29, 0.717) is 36.6 Å². The third kappa shape index (κ3) is 4.97. The summed E-state index contributed by atoms with van der Waals surface area (Å²) in [5.74, 6) is 0.646. The molecule has 2 fully saturated rings. The summed E-state index contributed by atoms with van der Waals surface area (Å²) in [6.45, 7) is 3.12. The quantitative estimate of drug-likeness (QED) is 0.624. The number of likely N-dealkylation sites (tertiary alicyclic amines) is 1. The number of hydrogen-bond donors (Lipinski definition) is 2. The molecule has 10 heteroatoms. The highest BCUT2D eigenvalue weighted by Gasteiger charge is 2.50. The second-order valence-electron chi connectivity index (χ2n) is 8.67. The summed E-state index contributed by atoms with van der Waals surface area (Å²) in [7, 11) is 1.61. The van der Waals surface area contributed by atoms with Crippen LogP contribution in [0.3, 0.4) is 0 Å². The van der Waals surface area contributed by atoms with E-state index >= 15 is 0 Å². The van der Waals surface area contributed by atoms with Crippen LogP contribution >= 0.6 is 12.2 Å². The molecule has 0 saturated carbocycles. The molecule has 0 bridgehead atoms. The topological polar surface area (TPSA) is 56.8 Å². The fourth-order valence-electron chi connectivity index (χ4n) is 4.62. The number of anilines is 1. The van der Waals surface area contributed by atoms with Gasteiger partial charge in [0.05, 0.1) is 24.4 Å². The van der Waals surface area contributed by atoms with Gasteiger partial charge in [-0.25, -0.2) is 0 Å². The predicted molar refractivity (Wildman–Crippen MR) is 127 cm³/mol. The largest absolute Gasteiger partial charge is 0.497 e. The molecule has 0 radical (unpaired) electrons. The van der Waals surface area contributed by atoms with Crippen LogP contribution in [0.15, 0.2) is 48.5 Å². The van der Waals surface area contributed by atoms with Gasteiger partial charge in [-0.1, -0.05) is 12.1 Å². The van der Waals surface area contributed by atoms with Gasteiger partial charge in [0.25, 0.3) is 0 Å². The fourth-order valence-corrected chi connectivity index (χ4v) is 4.92. The lowest BCUT2D eigenvalue weighted by atomic mass is 9.95. The first kappa shape index (κ1) is 24.3. The van der Waals surface area contributed by atoms with Crippen molar-refractivity contribution in [2.75, 3.05) is 25.5 Å². The Morgan fingerprint density at radius 3 is 2.50 bits per heavy atom. The Morgan fingerprint density at radius 1 is 1.21 bits per heavy atom. The highest BCUT2D eigenvalue weighted by molar-refractivity contribution is 7.80. The first-order valence-corrected chi connectivity index (χ1v) is 11.5. The number of nitrogens with one attached hydrogen (secondary N) is 2. The number of halogens is 3. The van der Waals surface area contributed by atoms with E-state index in [4.69, 9.17) is 17.0 Å². The lowest BCUT2D eigenvalue weighted by Crippen LogP contribution is -2.59. The molecule has 2 aliphatic heterocycles. The second kappa shape index (κ2) is 9.42. The number of benzene rings is 2. The van der Waals surface area contributed by atoms with Crippen molar-refractivity contribution in [1.82, 2.24) is 15.1 Å². The van der Waals surface area contributed by atoms with Gasteiger partial charge < -0.3 is 19.9 Å². The van der Waals surface area contributed by atoms with Gasteiger partial charge in [0, 0.05) is 38.2 Å². The predicted octanol–water partition coefficient (Wildman–Crippen LogP) is 4.22. The normalized spacial score (nSPS) is 20.0. The van der Waals surface area contributed by atoms with Crippen molar-refractivity contribution in [3.05, 3.63) is 59.7 Å². The van der Waals surface area contributed by atoms with Crippen LogP contribution in [-0.4, -0.2) is 52.7 Å². The molecule has 2 aromatic carbocycles. The molecular weight excluding hydrogens is 465 g/mol. The molecule has 0 unspecified atom stereocenters. The summed E-state index contributed by atoms with van der Waals surface area (Å²) in [6, 6.07) is 12.2. The molecule has 34 heavy (non-hydrogen) atoms. The lowest BCUT2D eigenvalue weighted by Gasteiger charge is -2.45. The van der Waals surface area contributed by atoms with E-state index in [2.05, 4.69) is 10.6 Å². The summed E-state index contributed by atoms with van der Waals surface area (Å²) >= 11 is 5.59. The van der Waals surface area contributed by atoms with E-state index in [-0.39, 0.29) is 12.5 Å². The Bertz CT molecular complexity index is 1050. The van der Waals surface area contributed by atoms with Gasteiger partial charge in [0.1, 0.15) is 5.75 Å². The maximum Gasteiger partial charge on any atom is 0.416 e. The van der Waals surface area contributed by atoms with E-state index in [9.17, 15) is 18.0 Å². The van der Waals surface area contributed by atoms with E-state index in [1.54, 1.807) is 25.0 Å². The van der Waals surface area contributed by atoms with Crippen LogP contribution in [0.4, 0.5) is 18.9 Å². The molecule has 2 saturated heterocycles. The van der Waals surface area contributed by atoms with Crippen molar-refractivity contribution >= 4 is 28.9 Å². The highest BCUT2D eigenvalue weighted by atomic mass is 32.1. The molecule has 2 aliphatic rings. The number of amides is 1. The zero-order valence-electron chi connectivity index (χ0n) is 19.0. The zero-order chi connectivity index (χ0) is 24.5. The van der Waals surface area contributed by atoms with Crippen LogP contribution in [0.5, 0.6) is 5.75 Å². The number of alkyl halides is 3. The number of carbonyl (C=O) groups is 1. The Balaban J connectivity index is 1.44. The number of methoxy groups -OCH3 is 1. The van der Waals surface area contributed by atoms with Crippen molar-refractivity contribution in [3.8, 4) is 5.75 Å². The molecule has 2 N–H and O–H groups in total. The SMILES string of the molecule is COc1ccc(NC(=S)N2CCC3(CC2)N[C@H](C)C(=O)N3Cc2cccc(C(F)(F)F)c2)cc1. The number of ether oxygens (including phenoxy) is 1. The van der Waals surface area contributed by atoms with Crippen LogP contribution in [0.1, 0.15) is 30.9 Å². The highest BCUT2D eigenvalue weighted by Crippen LogP contribution is 2.35. The van der Waals surface area contributed by atoms with Gasteiger partial charge in [-0.05, 0) is 61.1 Å². The monoisotopic (exact) mass is 492 g/mol. The number of nitrogens with zero attached hydrogens (tertiary/aromatic N) is 2. The molecule has 0 aliphatic carbocycles. The van der Waals surface area contributed by atoms with Gasteiger partial charge in [0.2, 0.25) is 5.91 Å². The van der Waals surface area contributed by atoms with Crippen LogP contribution in [0.2, 0.25) is 0 Å². The standard InChI is InChI=1S/C24H27F3N4O2S/c1-16-21(32)31(15-17-4-3-5-18(14-17)24(25,26)27)23(29-16)10-12-30(13-11-23)22(34)28-19-6-8-20(33-2)9-7-19/h3-9,14,16,29H,10-13,15H2,1-2H3,(H,28,34)/t16-/m1/s1. The summed E-state index contributed by atoms with van der Waals surface area (Å²) in [4.78, 5) is 16.7. The maximum atomic E-state index is 13.2. The molecule has 6 nitrogen and oxygen atoms in total. The summed E-state index contributed by atoms with van der Waals surface area (Å²) in [5.41, 5.74) is -0.0224. The number of carbonyl (C=O) groups excluding carboxylic acids is 1. The zero-order valence-corrected chi connectivity index (χ0v) is 19.8. The van der Waals surface area contributed by atoms with Crippen LogP contribution in [0, 0.1) is 0 Å². The van der Waals surface area contributed by atoms with Gasteiger partial charge in [-0.15, -0.1) is 0 Å². The minimum Gasteiger partial charge on any atom is -0.497 e. The number of rotatable bonds is 4. The molecule has 182 valence electrons. The molecule has 1 amide bonds.